The third kappa shape index (κ3) is 5.54. The summed E-state index contributed by atoms with van der Waals surface area (Å²) in [7, 11) is -3.94. The number of carbonyl (C=O) groups is 1. The van der Waals surface area contributed by atoms with Gasteiger partial charge in [0, 0.05) is 25.2 Å². The molecule has 1 atom stereocenters. The van der Waals surface area contributed by atoms with E-state index >= 15 is 0 Å². The molecule has 1 unspecified atom stereocenters. The van der Waals surface area contributed by atoms with Crippen LogP contribution in [0.25, 0.3) is 0 Å². The summed E-state index contributed by atoms with van der Waals surface area (Å²) < 4.78 is 40.8. The summed E-state index contributed by atoms with van der Waals surface area (Å²) in [6.45, 7) is 7.76. The maximum atomic E-state index is 13.8. The third-order valence-electron chi connectivity index (χ3n) is 7.76. The standard InChI is InChI=1S/C31H36N2O5S/c1-30(2,3)24-14-15-27-26(20-24)33(39(35,36)25-12-8-5-9-13-25)21-28(38-27)29(34)32-22-31(16-18-37-19-17-31)23-10-6-4-7-11-23/h4-15,20,28H,16-19,21-22H2,1-3H3,(H,32,34). The van der Waals surface area contributed by atoms with Gasteiger partial charge in [-0.15, -0.1) is 0 Å². The van der Waals surface area contributed by atoms with Crippen molar-refractivity contribution in [3.63, 3.8) is 0 Å². The van der Waals surface area contributed by atoms with Crippen LogP contribution in [0.15, 0.2) is 83.8 Å². The van der Waals surface area contributed by atoms with Crippen LogP contribution in [0.2, 0.25) is 0 Å². The quantitative estimate of drug-likeness (QED) is 0.478. The Morgan fingerprint density at radius 3 is 2.26 bits per heavy atom. The van der Waals surface area contributed by atoms with E-state index in [0.717, 1.165) is 24.0 Å². The number of rotatable bonds is 6. The van der Waals surface area contributed by atoms with E-state index in [1.807, 2.05) is 30.3 Å². The Morgan fingerprint density at radius 1 is 0.974 bits per heavy atom. The van der Waals surface area contributed by atoms with Crippen molar-refractivity contribution < 1.29 is 22.7 Å². The van der Waals surface area contributed by atoms with Crippen LogP contribution in [-0.2, 0) is 30.4 Å². The number of amides is 1. The van der Waals surface area contributed by atoms with E-state index < -0.39 is 16.1 Å². The molecule has 1 amide bonds. The summed E-state index contributed by atoms with van der Waals surface area (Å²) in [5.74, 6) is 0.0355. The highest BCUT2D eigenvalue weighted by Gasteiger charge is 2.40. The van der Waals surface area contributed by atoms with Gasteiger partial charge in [-0.1, -0.05) is 75.4 Å². The first-order valence-electron chi connectivity index (χ1n) is 13.4. The van der Waals surface area contributed by atoms with E-state index in [-0.39, 0.29) is 28.2 Å². The fraction of sp³-hybridized carbons (Fsp3) is 0.387. The SMILES string of the molecule is CC(C)(C)c1ccc2c(c1)N(S(=O)(=O)c1ccccc1)CC(C(=O)NCC1(c3ccccc3)CCOCC1)O2. The second-order valence-corrected chi connectivity index (χ2v) is 13.2. The van der Waals surface area contributed by atoms with Crippen molar-refractivity contribution in [3.05, 3.63) is 90.0 Å². The average Bonchev–Trinajstić information content (AvgIpc) is 2.96. The molecule has 0 spiro atoms. The van der Waals surface area contributed by atoms with Crippen molar-refractivity contribution in [2.24, 2.45) is 0 Å². The fourth-order valence-electron chi connectivity index (χ4n) is 5.29. The highest BCUT2D eigenvalue weighted by Crippen LogP contribution is 2.40. The predicted octanol–water partition coefficient (Wildman–Crippen LogP) is 4.81. The zero-order valence-electron chi connectivity index (χ0n) is 22.7. The van der Waals surface area contributed by atoms with E-state index in [1.165, 1.54) is 4.31 Å². The molecule has 0 bridgehead atoms. The zero-order chi connectivity index (χ0) is 27.7. The molecule has 1 fully saturated rings. The Balaban J connectivity index is 1.44. The average molecular weight is 549 g/mol. The Labute approximate surface area is 231 Å². The Hall–Kier alpha value is -3.36. The van der Waals surface area contributed by atoms with Gasteiger partial charge in [0.2, 0.25) is 0 Å². The normalized spacial score (nSPS) is 19.1. The lowest BCUT2D eigenvalue weighted by molar-refractivity contribution is -0.128. The highest BCUT2D eigenvalue weighted by molar-refractivity contribution is 7.92. The Kier molecular flexibility index (Phi) is 7.44. The van der Waals surface area contributed by atoms with Crippen molar-refractivity contribution >= 4 is 21.6 Å². The number of benzene rings is 3. The Morgan fingerprint density at radius 2 is 1.62 bits per heavy atom. The maximum absolute atomic E-state index is 13.8. The first kappa shape index (κ1) is 27.2. The molecule has 1 saturated heterocycles. The summed E-state index contributed by atoms with van der Waals surface area (Å²) in [4.78, 5) is 13.7. The molecule has 7 nitrogen and oxygen atoms in total. The van der Waals surface area contributed by atoms with E-state index in [2.05, 4.69) is 38.2 Å². The van der Waals surface area contributed by atoms with Crippen LogP contribution in [0.3, 0.4) is 0 Å². The largest absolute Gasteiger partial charge is 0.476 e. The molecule has 5 rings (SSSR count). The van der Waals surface area contributed by atoms with Gasteiger partial charge in [-0.2, -0.15) is 0 Å². The molecule has 8 heteroatoms. The van der Waals surface area contributed by atoms with Gasteiger partial charge >= 0.3 is 0 Å². The van der Waals surface area contributed by atoms with Crippen molar-refractivity contribution in [2.45, 2.75) is 55.4 Å². The summed E-state index contributed by atoms with van der Waals surface area (Å²) in [6.07, 6.45) is 0.579. The lowest BCUT2D eigenvalue weighted by Gasteiger charge is -2.39. The number of fused-ring (bicyclic) bond motifs is 1. The van der Waals surface area contributed by atoms with Gasteiger partial charge in [0.05, 0.1) is 17.1 Å². The molecule has 3 aromatic carbocycles. The predicted molar refractivity (Wildman–Crippen MR) is 152 cm³/mol. The molecular formula is C31H36N2O5S. The van der Waals surface area contributed by atoms with Gasteiger partial charge in [0.1, 0.15) is 5.75 Å². The fourth-order valence-corrected chi connectivity index (χ4v) is 6.78. The number of anilines is 1. The van der Waals surface area contributed by atoms with E-state index in [9.17, 15) is 13.2 Å². The minimum absolute atomic E-state index is 0.120. The number of carbonyl (C=O) groups excluding carboxylic acids is 1. The molecule has 0 aromatic heterocycles. The van der Waals surface area contributed by atoms with Gasteiger partial charge < -0.3 is 14.8 Å². The van der Waals surface area contributed by atoms with Crippen molar-refractivity contribution in [1.29, 1.82) is 0 Å². The summed E-state index contributed by atoms with van der Waals surface area (Å²) >= 11 is 0. The van der Waals surface area contributed by atoms with Gasteiger partial charge in [-0.25, -0.2) is 8.42 Å². The van der Waals surface area contributed by atoms with Crippen LogP contribution in [0.5, 0.6) is 5.75 Å². The summed E-state index contributed by atoms with van der Waals surface area (Å²) in [5.41, 5.74) is 2.14. The van der Waals surface area contributed by atoms with Crippen molar-refractivity contribution in [3.8, 4) is 5.75 Å². The van der Waals surface area contributed by atoms with Crippen LogP contribution in [0.1, 0.15) is 44.7 Å². The van der Waals surface area contributed by atoms with Crippen LogP contribution in [0.4, 0.5) is 5.69 Å². The molecule has 0 saturated carbocycles. The Bertz CT molecular complexity index is 1410. The number of hydrogen-bond donors (Lipinski definition) is 1. The number of nitrogens with zero attached hydrogens (tertiary/aromatic N) is 1. The lowest BCUT2D eigenvalue weighted by Crippen LogP contribution is -2.53. The summed E-state index contributed by atoms with van der Waals surface area (Å²) in [5, 5.41) is 3.10. The molecule has 0 radical (unpaired) electrons. The van der Waals surface area contributed by atoms with E-state index in [1.54, 1.807) is 36.4 Å². The van der Waals surface area contributed by atoms with Gasteiger partial charge in [0.25, 0.3) is 15.9 Å². The number of ether oxygens (including phenoxy) is 2. The first-order chi connectivity index (χ1) is 18.6. The molecule has 2 aliphatic heterocycles. The molecule has 1 N–H and O–H groups in total. The smallest absolute Gasteiger partial charge is 0.264 e. The van der Waals surface area contributed by atoms with Crippen molar-refractivity contribution in [2.75, 3.05) is 30.6 Å². The number of hydrogen-bond acceptors (Lipinski definition) is 5. The zero-order valence-corrected chi connectivity index (χ0v) is 23.5. The lowest BCUT2D eigenvalue weighted by atomic mass is 9.74. The van der Waals surface area contributed by atoms with E-state index in [4.69, 9.17) is 9.47 Å². The van der Waals surface area contributed by atoms with Gasteiger partial charge in [-0.3, -0.25) is 9.10 Å². The van der Waals surface area contributed by atoms with Crippen LogP contribution < -0.4 is 14.4 Å². The van der Waals surface area contributed by atoms with Crippen molar-refractivity contribution in [1.82, 2.24) is 5.32 Å². The second-order valence-electron chi connectivity index (χ2n) is 11.4. The highest BCUT2D eigenvalue weighted by atomic mass is 32.2. The molecule has 2 heterocycles. The van der Waals surface area contributed by atoms with E-state index in [0.29, 0.717) is 31.2 Å². The molecule has 0 aliphatic carbocycles. The minimum Gasteiger partial charge on any atom is -0.476 e. The van der Waals surface area contributed by atoms with Gasteiger partial charge in [0.15, 0.2) is 6.10 Å². The van der Waals surface area contributed by atoms with Crippen LogP contribution in [-0.4, -0.2) is 46.7 Å². The summed E-state index contributed by atoms with van der Waals surface area (Å²) in [6, 6.07) is 24.0. The van der Waals surface area contributed by atoms with Gasteiger partial charge in [-0.05, 0) is 53.6 Å². The van der Waals surface area contributed by atoms with Crippen LogP contribution >= 0.6 is 0 Å². The number of sulfonamides is 1. The third-order valence-corrected chi connectivity index (χ3v) is 9.55. The monoisotopic (exact) mass is 548 g/mol. The molecule has 2 aliphatic rings. The minimum atomic E-state index is -3.94. The van der Waals surface area contributed by atoms with Crippen LogP contribution in [0, 0.1) is 0 Å². The number of nitrogens with one attached hydrogen (secondary N) is 1. The second kappa shape index (κ2) is 10.7. The molecule has 206 valence electrons. The first-order valence-corrected chi connectivity index (χ1v) is 14.8. The maximum Gasteiger partial charge on any atom is 0.264 e. The molecule has 3 aromatic rings. The molecule has 39 heavy (non-hydrogen) atoms. The molecular weight excluding hydrogens is 512 g/mol. The topological polar surface area (TPSA) is 84.9 Å².